The van der Waals surface area contributed by atoms with E-state index in [4.69, 9.17) is 9.84 Å². The molecule has 126 valence electrons. The first-order valence-electron chi connectivity index (χ1n) is 7.72. The average molecular weight is 329 g/mol. The topological polar surface area (TPSA) is 95.5 Å². The second-order valence-electron chi connectivity index (χ2n) is 5.82. The highest BCUT2D eigenvalue weighted by Crippen LogP contribution is 2.29. The van der Waals surface area contributed by atoms with Crippen LogP contribution >= 0.6 is 0 Å². The molecule has 2 aromatic rings. The Labute approximate surface area is 139 Å². The van der Waals surface area contributed by atoms with Crippen LogP contribution in [-0.4, -0.2) is 51.8 Å². The molecule has 1 aromatic heterocycles. The number of nitrogens with one attached hydrogen (secondary N) is 1. The highest BCUT2D eigenvalue weighted by molar-refractivity contribution is 5.96. The molecule has 2 heterocycles. The molecule has 1 unspecified atom stereocenters. The SMILES string of the molecule is Cc1n[nH]c(C)c1C1COCCN1C(=O)c1ccc(C(=O)O)cc1. The smallest absolute Gasteiger partial charge is 0.335 e. The lowest BCUT2D eigenvalue weighted by molar-refractivity contribution is -0.00302. The van der Waals surface area contributed by atoms with Crippen molar-refractivity contribution >= 4 is 11.9 Å². The number of aromatic nitrogens is 2. The van der Waals surface area contributed by atoms with Gasteiger partial charge in [-0.1, -0.05) is 0 Å². The van der Waals surface area contributed by atoms with E-state index in [2.05, 4.69) is 10.2 Å². The summed E-state index contributed by atoms with van der Waals surface area (Å²) in [6.45, 7) is 5.20. The van der Waals surface area contributed by atoms with Gasteiger partial charge in [-0.05, 0) is 38.1 Å². The zero-order valence-corrected chi connectivity index (χ0v) is 13.6. The van der Waals surface area contributed by atoms with Gasteiger partial charge in [0.25, 0.3) is 5.91 Å². The van der Waals surface area contributed by atoms with Crippen molar-refractivity contribution in [3.8, 4) is 0 Å². The van der Waals surface area contributed by atoms with Gasteiger partial charge in [-0.25, -0.2) is 4.79 Å². The Hall–Kier alpha value is -2.67. The van der Waals surface area contributed by atoms with Crippen LogP contribution in [0.5, 0.6) is 0 Å². The predicted molar refractivity (Wildman–Crippen MR) is 86.1 cm³/mol. The Balaban J connectivity index is 1.90. The molecule has 1 amide bonds. The maximum Gasteiger partial charge on any atom is 0.335 e. The van der Waals surface area contributed by atoms with Crippen molar-refractivity contribution in [3.63, 3.8) is 0 Å². The maximum atomic E-state index is 12.9. The molecule has 1 fully saturated rings. The van der Waals surface area contributed by atoms with Gasteiger partial charge in [0.05, 0.1) is 30.5 Å². The fourth-order valence-corrected chi connectivity index (χ4v) is 3.06. The van der Waals surface area contributed by atoms with Gasteiger partial charge in [0, 0.05) is 23.4 Å². The maximum absolute atomic E-state index is 12.9. The summed E-state index contributed by atoms with van der Waals surface area (Å²) in [6.07, 6.45) is 0. The lowest BCUT2D eigenvalue weighted by Gasteiger charge is -2.36. The van der Waals surface area contributed by atoms with Crippen molar-refractivity contribution in [1.29, 1.82) is 0 Å². The number of benzene rings is 1. The summed E-state index contributed by atoms with van der Waals surface area (Å²) in [6, 6.07) is 5.78. The number of carboxylic acid groups (broad SMARTS) is 1. The van der Waals surface area contributed by atoms with Gasteiger partial charge < -0.3 is 14.7 Å². The number of aryl methyl sites for hydroxylation is 2. The van der Waals surface area contributed by atoms with E-state index in [9.17, 15) is 9.59 Å². The van der Waals surface area contributed by atoms with E-state index in [-0.39, 0.29) is 17.5 Å². The second-order valence-corrected chi connectivity index (χ2v) is 5.82. The summed E-state index contributed by atoms with van der Waals surface area (Å²) in [5, 5.41) is 16.1. The lowest BCUT2D eigenvalue weighted by atomic mass is 10.0. The first-order valence-corrected chi connectivity index (χ1v) is 7.72. The molecule has 24 heavy (non-hydrogen) atoms. The molecule has 3 rings (SSSR count). The van der Waals surface area contributed by atoms with Crippen LogP contribution in [0.25, 0.3) is 0 Å². The van der Waals surface area contributed by atoms with Crippen molar-refractivity contribution < 1.29 is 19.4 Å². The first-order chi connectivity index (χ1) is 11.5. The zero-order chi connectivity index (χ0) is 17.3. The number of rotatable bonds is 3. The van der Waals surface area contributed by atoms with Gasteiger partial charge in [-0.15, -0.1) is 0 Å². The fraction of sp³-hybridized carbons (Fsp3) is 0.353. The van der Waals surface area contributed by atoms with E-state index in [1.165, 1.54) is 12.1 Å². The minimum absolute atomic E-state index is 0.139. The molecule has 0 radical (unpaired) electrons. The number of aromatic carboxylic acids is 1. The molecular formula is C17H19N3O4. The molecule has 1 aromatic carbocycles. The summed E-state index contributed by atoms with van der Waals surface area (Å²) in [4.78, 5) is 25.6. The van der Waals surface area contributed by atoms with E-state index in [1.807, 2.05) is 13.8 Å². The Kier molecular flexibility index (Phi) is 4.35. The number of carboxylic acids is 1. The first kappa shape index (κ1) is 16.2. The van der Waals surface area contributed by atoms with Crippen LogP contribution in [0.3, 0.4) is 0 Å². The van der Waals surface area contributed by atoms with Gasteiger partial charge in [0.15, 0.2) is 0 Å². The molecule has 7 nitrogen and oxygen atoms in total. The zero-order valence-electron chi connectivity index (χ0n) is 13.6. The quantitative estimate of drug-likeness (QED) is 0.897. The van der Waals surface area contributed by atoms with Crippen LogP contribution in [0.1, 0.15) is 43.7 Å². The molecule has 0 bridgehead atoms. The fourth-order valence-electron chi connectivity index (χ4n) is 3.06. The number of amides is 1. The number of aromatic amines is 1. The summed E-state index contributed by atoms with van der Waals surface area (Å²) in [7, 11) is 0. The monoisotopic (exact) mass is 329 g/mol. The van der Waals surface area contributed by atoms with Crippen molar-refractivity contribution in [2.45, 2.75) is 19.9 Å². The minimum Gasteiger partial charge on any atom is -0.478 e. The molecular weight excluding hydrogens is 310 g/mol. The highest BCUT2D eigenvalue weighted by atomic mass is 16.5. The lowest BCUT2D eigenvalue weighted by Crippen LogP contribution is -2.43. The van der Waals surface area contributed by atoms with Gasteiger partial charge in [0.1, 0.15) is 0 Å². The number of nitrogens with zero attached hydrogens (tertiary/aromatic N) is 2. The van der Waals surface area contributed by atoms with Crippen molar-refractivity contribution in [2.75, 3.05) is 19.8 Å². The molecule has 0 saturated carbocycles. The second kappa shape index (κ2) is 6.45. The van der Waals surface area contributed by atoms with E-state index in [1.54, 1.807) is 17.0 Å². The largest absolute Gasteiger partial charge is 0.478 e. The minimum atomic E-state index is -1.01. The molecule has 1 aliphatic rings. The molecule has 7 heteroatoms. The number of H-pyrrole nitrogens is 1. The highest BCUT2D eigenvalue weighted by Gasteiger charge is 2.32. The van der Waals surface area contributed by atoms with Crippen molar-refractivity contribution in [2.24, 2.45) is 0 Å². The Morgan fingerprint density at radius 3 is 2.50 bits per heavy atom. The normalized spacial score (nSPS) is 17.8. The van der Waals surface area contributed by atoms with Crippen molar-refractivity contribution in [3.05, 3.63) is 52.3 Å². The summed E-state index contributed by atoms with van der Waals surface area (Å²) < 4.78 is 5.57. The number of hydrogen-bond donors (Lipinski definition) is 2. The van der Waals surface area contributed by atoms with Crippen LogP contribution in [0.2, 0.25) is 0 Å². The van der Waals surface area contributed by atoms with Gasteiger partial charge >= 0.3 is 5.97 Å². The molecule has 1 saturated heterocycles. The van der Waals surface area contributed by atoms with Crippen LogP contribution in [-0.2, 0) is 4.74 Å². The number of carbonyl (C=O) groups is 2. The van der Waals surface area contributed by atoms with Crippen LogP contribution in [0.15, 0.2) is 24.3 Å². The number of ether oxygens (including phenoxy) is 1. The van der Waals surface area contributed by atoms with Gasteiger partial charge in [0.2, 0.25) is 0 Å². The summed E-state index contributed by atoms with van der Waals surface area (Å²) in [5.74, 6) is -1.15. The summed E-state index contributed by atoms with van der Waals surface area (Å²) >= 11 is 0. The van der Waals surface area contributed by atoms with Crippen LogP contribution in [0.4, 0.5) is 0 Å². The molecule has 2 N–H and O–H groups in total. The van der Waals surface area contributed by atoms with E-state index in [0.717, 1.165) is 17.0 Å². The number of morpholine rings is 1. The Morgan fingerprint density at radius 1 is 1.25 bits per heavy atom. The third-order valence-corrected chi connectivity index (χ3v) is 4.29. The van der Waals surface area contributed by atoms with Gasteiger partial charge in [-0.2, -0.15) is 5.10 Å². The number of carbonyl (C=O) groups excluding carboxylic acids is 1. The van der Waals surface area contributed by atoms with E-state index >= 15 is 0 Å². The van der Waals surface area contributed by atoms with Crippen LogP contribution in [0, 0.1) is 13.8 Å². The van der Waals surface area contributed by atoms with Crippen LogP contribution < -0.4 is 0 Å². The number of hydrogen-bond acceptors (Lipinski definition) is 4. The van der Waals surface area contributed by atoms with E-state index < -0.39 is 5.97 Å². The molecule has 0 spiro atoms. The predicted octanol–water partition coefficient (Wildman–Crippen LogP) is 1.94. The molecule has 1 aliphatic heterocycles. The third-order valence-electron chi connectivity index (χ3n) is 4.29. The Bertz CT molecular complexity index is 747. The summed E-state index contributed by atoms with van der Waals surface area (Å²) in [5.41, 5.74) is 3.37. The van der Waals surface area contributed by atoms with Crippen molar-refractivity contribution in [1.82, 2.24) is 15.1 Å². The molecule has 0 aliphatic carbocycles. The Morgan fingerprint density at radius 2 is 1.92 bits per heavy atom. The molecule has 1 atom stereocenters. The van der Waals surface area contributed by atoms with Gasteiger partial charge in [-0.3, -0.25) is 9.89 Å². The standard InChI is InChI=1S/C17H19N3O4/c1-10-15(11(2)19-18-10)14-9-24-8-7-20(14)16(21)12-3-5-13(6-4-12)17(22)23/h3-6,14H,7-9H2,1-2H3,(H,18,19)(H,22,23). The van der Waals surface area contributed by atoms with E-state index in [0.29, 0.717) is 25.3 Å². The average Bonchev–Trinajstić information content (AvgIpc) is 2.93. The third kappa shape index (κ3) is 2.90.